The third-order valence-corrected chi connectivity index (χ3v) is 4.36. The monoisotopic (exact) mass is 265 g/mol. The van der Waals surface area contributed by atoms with Gasteiger partial charge in [0.05, 0.1) is 13.2 Å². The molecule has 1 aromatic rings. The number of halogens is 1. The van der Waals surface area contributed by atoms with Gasteiger partial charge in [-0.3, -0.25) is 0 Å². The third kappa shape index (κ3) is 2.18. The first-order chi connectivity index (χ1) is 9.25. The van der Waals surface area contributed by atoms with Crippen LogP contribution in [0, 0.1) is 5.82 Å². The standard InChI is InChI=1S/C15H20FNO2/c16-12-9-14-13(18-6-3-7-19-14)8-11(12)15(10-17)4-1-2-5-15/h8-9H,1-7,10,17H2. The molecule has 0 spiro atoms. The second-order valence-corrected chi connectivity index (χ2v) is 5.52. The van der Waals surface area contributed by atoms with E-state index in [1.54, 1.807) is 0 Å². The van der Waals surface area contributed by atoms with Crippen molar-refractivity contribution in [1.29, 1.82) is 0 Å². The normalized spacial score (nSPS) is 21.2. The summed E-state index contributed by atoms with van der Waals surface area (Å²) in [5.74, 6) is 0.967. The van der Waals surface area contributed by atoms with Crippen LogP contribution in [0.5, 0.6) is 11.5 Å². The Labute approximate surface area is 112 Å². The van der Waals surface area contributed by atoms with Gasteiger partial charge >= 0.3 is 0 Å². The molecule has 2 aliphatic rings. The smallest absolute Gasteiger partial charge is 0.164 e. The molecule has 1 aromatic carbocycles. The number of hydrogen-bond acceptors (Lipinski definition) is 3. The molecule has 1 fully saturated rings. The van der Waals surface area contributed by atoms with Gasteiger partial charge in [-0.05, 0) is 24.5 Å². The van der Waals surface area contributed by atoms with Crippen molar-refractivity contribution < 1.29 is 13.9 Å². The molecular weight excluding hydrogens is 245 g/mol. The molecule has 104 valence electrons. The average molecular weight is 265 g/mol. The van der Waals surface area contributed by atoms with Gasteiger partial charge in [-0.1, -0.05) is 12.8 Å². The van der Waals surface area contributed by atoms with Crippen molar-refractivity contribution in [3.8, 4) is 11.5 Å². The van der Waals surface area contributed by atoms with Crippen LogP contribution in [0.1, 0.15) is 37.7 Å². The predicted molar refractivity (Wildman–Crippen MR) is 71.2 cm³/mol. The molecule has 0 atom stereocenters. The van der Waals surface area contributed by atoms with E-state index in [4.69, 9.17) is 15.2 Å². The predicted octanol–water partition coefficient (Wildman–Crippen LogP) is 2.76. The van der Waals surface area contributed by atoms with Gasteiger partial charge < -0.3 is 15.2 Å². The Morgan fingerprint density at radius 2 is 1.68 bits per heavy atom. The van der Waals surface area contributed by atoms with Crippen LogP contribution >= 0.6 is 0 Å². The molecule has 3 nitrogen and oxygen atoms in total. The van der Waals surface area contributed by atoms with E-state index in [1.807, 2.05) is 6.07 Å². The lowest BCUT2D eigenvalue weighted by Gasteiger charge is -2.29. The van der Waals surface area contributed by atoms with Crippen LogP contribution in [-0.4, -0.2) is 19.8 Å². The summed E-state index contributed by atoms with van der Waals surface area (Å²) in [6.45, 7) is 1.69. The van der Waals surface area contributed by atoms with Gasteiger partial charge in [0.2, 0.25) is 0 Å². The van der Waals surface area contributed by atoms with Crippen molar-refractivity contribution in [3.63, 3.8) is 0 Å². The van der Waals surface area contributed by atoms with Crippen molar-refractivity contribution in [2.24, 2.45) is 5.73 Å². The van der Waals surface area contributed by atoms with Crippen LogP contribution in [0.4, 0.5) is 4.39 Å². The molecule has 2 N–H and O–H groups in total. The van der Waals surface area contributed by atoms with Gasteiger partial charge in [-0.2, -0.15) is 0 Å². The van der Waals surface area contributed by atoms with Crippen molar-refractivity contribution in [3.05, 3.63) is 23.5 Å². The molecule has 0 aromatic heterocycles. The summed E-state index contributed by atoms with van der Waals surface area (Å²) >= 11 is 0. The fourth-order valence-electron chi connectivity index (χ4n) is 3.23. The minimum Gasteiger partial charge on any atom is -0.490 e. The largest absolute Gasteiger partial charge is 0.490 e. The Morgan fingerprint density at radius 1 is 1.05 bits per heavy atom. The molecule has 19 heavy (non-hydrogen) atoms. The topological polar surface area (TPSA) is 44.5 Å². The highest BCUT2D eigenvalue weighted by atomic mass is 19.1. The number of rotatable bonds is 2. The molecule has 1 saturated carbocycles. The summed E-state index contributed by atoms with van der Waals surface area (Å²) in [5.41, 5.74) is 6.43. The lowest BCUT2D eigenvalue weighted by Crippen LogP contribution is -2.33. The Balaban J connectivity index is 2.04. The summed E-state index contributed by atoms with van der Waals surface area (Å²) in [6, 6.07) is 3.28. The number of ether oxygens (including phenoxy) is 2. The fourth-order valence-corrected chi connectivity index (χ4v) is 3.23. The van der Waals surface area contributed by atoms with Crippen LogP contribution in [0.2, 0.25) is 0 Å². The molecule has 1 heterocycles. The van der Waals surface area contributed by atoms with Crippen molar-refractivity contribution in [1.82, 2.24) is 0 Å². The Morgan fingerprint density at radius 3 is 2.32 bits per heavy atom. The maximum Gasteiger partial charge on any atom is 0.164 e. The van der Waals surface area contributed by atoms with Gasteiger partial charge in [0.25, 0.3) is 0 Å². The van der Waals surface area contributed by atoms with E-state index < -0.39 is 0 Å². The van der Waals surface area contributed by atoms with Crippen LogP contribution in [0.3, 0.4) is 0 Å². The van der Waals surface area contributed by atoms with Gasteiger partial charge in [0, 0.05) is 24.4 Å². The molecule has 0 radical (unpaired) electrons. The van der Waals surface area contributed by atoms with Crippen molar-refractivity contribution >= 4 is 0 Å². The number of fused-ring (bicyclic) bond motifs is 1. The summed E-state index contributed by atoms with van der Waals surface area (Å²) in [4.78, 5) is 0. The molecule has 0 saturated heterocycles. The van der Waals surface area contributed by atoms with Gasteiger partial charge in [0.1, 0.15) is 5.82 Å². The Hall–Kier alpha value is -1.29. The second-order valence-electron chi connectivity index (χ2n) is 5.52. The lowest BCUT2D eigenvalue weighted by molar-refractivity contribution is 0.296. The van der Waals surface area contributed by atoms with E-state index in [9.17, 15) is 4.39 Å². The highest BCUT2D eigenvalue weighted by Crippen LogP contribution is 2.44. The first-order valence-electron chi connectivity index (χ1n) is 7.05. The van der Waals surface area contributed by atoms with Gasteiger partial charge in [-0.15, -0.1) is 0 Å². The lowest BCUT2D eigenvalue weighted by atomic mass is 9.78. The third-order valence-electron chi connectivity index (χ3n) is 4.36. The summed E-state index contributed by atoms with van der Waals surface area (Å²) in [6.07, 6.45) is 4.98. The second kappa shape index (κ2) is 5.00. The molecular formula is C15H20FNO2. The Bertz CT molecular complexity index is 469. The molecule has 3 rings (SSSR count). The quantitative estimate of drug-likeness (QED) is 0.894. The molecule has 1 aliphatic carbocycles. The highest BCUT2D eigenvalue weighted by molar-refractivity contribution is 5.47. The number of nitrogens with two attached hydrogens (primary N) is 1. The van der Waals surface area contributed by atoms with E-state index in [0.29, 0.717) is 36.8 Å². The average Bonchev–Trinajstić information content (AvgIpc) is 2.79. The van der Waals surface area contributed by atoms with Crippen LogP contribution in [0.15, 0.2) is 12.1 Å². The van der Waals surface area contributed by atoms with Crippen molar-refractivity contribution in [2.45, 2.75) is 37.5 Å². The van der Waals surface area contributed by atoms with E-state index in [2.05, 4.69) is 0 Å². The van der Waals surface area contributed by atoms with Gasteiger partial charge in [-0.25, -0.2) is 4.39 Å². The number of hydrogen-bond donors (Lipinski definition) is 1. The SMILES string of the molecule is NCC1(c2cc3c(cc2F)OCCCO3)CCCC1. The maximum absolute atomic E-state index is 14.4. The molecule has 4 heteroatoms. The van der Waals surface area contributed by atoms with E-state index in [0.717, 1.165) is 32.1 Å². The minimum absolute atomic E-state index is 0.211. The van der Waals surface area contributed by atoms with Gasteiger partial charge in [0.15, 0.2) is 11.5 Å². The maximum atomic E-state index is 14.4. The van der Waals surface area contributed by atoms with E-state index in [-0.39, 0.29) is 11.2 Å². The van der Waals surface area contributed by atoms with Crippen LogP contribution < -0.4 is 15.2 Å². The van der Waals surface area contributed by atoms with E-state index >= 15 is 0 Å². The van der Waals surface area contributed by atoms with E-state index in [1.165, 1.54) is 6.07 Å². The number of benzene rings is 1. The van der Waals surface area contributed by atoms with Crippen LogP contribution in [-0.2, 0) is 5.41 Å². The summed E-state index contributed by atoms with van der Waals surface area (Å²) < 4.78 is 25.6. The van der Waals surface area contributed by atoms with Crippen LogP contribution in [0.25, 0.3) is 0 Å². The first-order valence-corrected chi connectivity index (χ1v) is 7.05. The zero-order valence-corrected chi connectivity index (χ0v) is 11.1. The zero-order chi connectivity index (χ0) is 13.3. The summed E-state index contributed by atoms with van der Waals surface area (Å²) in [7, 11) is 0. The highest BCUT2D eigenvalue weighted by Gasteiger charge is 2.37. The Kier molecular flexibility index (Phi) is 3.35. The fraction of sp³-hybridized carbons (Fsp3) is 0.600. The molecule has 0 bridgehead atoms. The first kappa shape index (κ1) is 12.7. The minimum atomic E-state index is -0.214. The summed E-state index contributed by atoms with van der Waals surface area (Å²) in [5, 5.41) is 0. The zero-order valence-electron chi connectivity index (χ0n) is 11.1. The molecule has 1 aliphatic heterocycles. The molecule has 0 unspecified atom stereocenters. The molecule has 0 amide bonds. The van der Waals surface area contributed by atoms with Crippen molar-refractivity contribution in [2.75, 3.05) is 19.8 Å².